The molecule has 1 aliphatic heterocycles. The van der Waals surface area contributed by atoms with Crippen LogP contribution < -0.4 is 5.32 Å². The monoisotopic (exact) mass is 342 g/mol. The third kappa shape index (κ3) is 4.45. The van der Waals surface area contributed by atoms with Crippen molar-refractivity contribution < 1.29 is 9.32 Å². The molecule has 0 radical (unpaired) electrons. The molecular formula is C19H26N4O2. The average Bonchev–Trinajstić information content (AvgIpc) is 3.18. The lowest BCUT2D eigenvalue weighted by Gasteiger charge is -2.22. The van der Waals surface area contributed by atoms with Gasteiger partial charge in [0.1, 0.15) is 0 Å². The van der Waals surface area contributed by atoms with Gasteiger partial charge < -0.3 is 9.84 Å². The summed E-state index contributed by atoms with van der Waals surface area (Å²) in [6.07, 6.45) is 2.85. The van der Waals surface area contributed by atoms with Crippen LogP contribution in [0.5, 0.6) is 0 Å². The van der Waals surface area contributed by atoms with Crippen molar-refractivity contribution >= 4 is 5.91 Å². The second kappa shape index (κ2) is 7.78. The number of hydrogen-bond donors (Lipinski definition) is 1. The van der Waals surface area contributed by atoms with E-state index in [-0.39, 0.29) is 18.0 Å². The first-order valence-corrected chi connectivity index (χ1v) is 8.91. The average molecular weight is 342 g/mol. The molecule has 1 amide bonds. The first-order valence-electron chi connectivity index (χ1n) is 8.91. The topological polar surface area (TPSA) is 71.3 Å². The summed E-state index contributed by atoms with van der Waals surface area (Å²) in [5.74, 6) is 1.31. The van der Waals surface area contributed by atoms with Crippen LogP contribution in [0.15, 0.2) is 28.8 Å². The van der Waals surface area contributed by atoms with Crippen molar-refractivity contribution in [2.24, 2.45) is 0 Å². The Hall–Kier alpha value is -2.21. The maximum absolute atomic E-state index is 12.4. The van der Waals surface area contributed by atoms with Crippen molar-refractivity contribution in [1.82, 2.24) is 20.4 Å². The zero-order valence-corrected chi connectivity index (χ0v) is 15.2. The Morgan fingerprint density at radius 3 is 2.92 bits per heavy atom. The molecule has 0 saturated carbocycles. The Balaban J connectivity index is 1.54. The standard InChI is InChI=1S/C19H26N4O2/c1-13-7-4-5-8-16(13)11-14(2)20-18(24)12-23-10-6-9-17(23)19-21-15(3)25-22-19/h4-5,7-8,14,17H,6,9-12H2,1-3H3,(H,20,24)/t14-,17-/m1/s1. The zero-order valence-electron chi connectivity index (χ0n) is 15.2. The van der Waals surface area contributed by atoms with Crippen LogP contribution in [0.2, 0.25) is 0 Å². The summed E-state index contributed by atoms with van der Waals surface area (Å²) >= 11 is 0. The van der Waals surface area contributed by atoms with Crippen LogP contribution in [0.1, 0.15) is 48.6 Å². The van der Waals surface area contributed by atoms with Gasteiger partial charge in [-0.25, -0.2) is 0 Å². The summed E-state index contributed by atoms with van der Waals surface area (Å²) in [5.41, 5.74) is 2.53. The van der Waals surface area contributed by atoms with E-state index in [1.807, 2.05) is 19.1 Å². The maximum Gasteiger partial charge on any atom is 0.234 e. The molecule has 2 atom stereocenters. The first kappa shape index (κ1) is 17.6. The number of nitrogens with one attached hydrogen (secondary N) is 1. The molecule has 1 aliphatic rings. The predicted octanol–water partition coefficient (Wildman–Crippen LogP) is 2.57. The van der Waals surface area contributed by atoms with Crippen molar-refractivity contribution in [3.8, 4) is 0 Å². The number of nitrogens with zero attached hydrogens (tertiary/aromatic N) is 3. The summed E-state index contributed by atoms with van der Waals surface area (Å²) in [5, 5.41) is 7.14. The lowest BCUT2D eigenvalue weighted by atomic mass is 10.0. The second-order valence-electron chi connectivity index (χ2n) is 6.90. The van der Waals surface area contributed by atoms with Crippen LogP contribution in [0.4, 0.5) is 0 Å². The molecular weight excluding hydrogens is 316 g/mol. The molecule has 3 rings (SSSR count). The number of rotatable bonds is 6. The third-order valence-corrected chi connectivity index (χ3v) is 4.75. The van der Waals surface area contributed by atoms with E-state index >= 15 is 0 Å². The third-order valence-electron chi connectivity index (χ3n) is 4.75. The fourth-order valence-electron chi connectivity index (χ4n) is 3.48. The number of hydrogen-bond acceptors (Lipinski definition) is 5. The minimum Gasteiger partial charge on any atom is -0.352 e. The van der Waals surface area contributed by atoms with Gasteiger partial charge in [0.15, 0.2) is 5.82 Å². The fraction of sp³-hybridized carbons (Fsp3) is 0.526. The highest BCUT2D eigenvalue weighted by Crippen LogP contribution is 2.29. The summed E-state index contributed by atoms with van der Waals surface area (Å²) < 4.78 is 5.08. The number of aryl methyl sites for hydroxylation is 2. The Labute approximate surface area is 148 Å². The predicted molar refractivity (Wildman–Crippen MR) is 95.1 cm³/mol. The molecule has 1 fully saturated rings. The lowest BCUT2D eigenvalue weighted by molar-refractivity contribution is -0.123. The Bertz CT molecular complexity index is 728. The minimum atomic E-state index is 0.0493. The first-order chi connectivity index (χ1) is 12.0. The number of aromatic nitrogens is 2. The van der Waals surface area contributed by atoms with Gasteiger partial charge in [-0.15, -0.1) is 0 Å². The van der Waals surface area contributed by atoms with Gasteiger partial charge in [-0.1, -0.05) is 29.4 Å². The molecule has 0 spiro atoms. The van der Waals surface area contributed by atoms with Crippen molar-refractivity contribution in [2.45, 2.75) is 52.1 Å². The summed E-state index contributed by atoms with van der Waals surface area (Å²) in [7, 11) is 0. The van der Waals surface area contributed by atoms with E-state index in [2.05, 4.69) is 39.4 Å². The Morgan fingerprint density at radius 2 is 2.20 bits per heavy atom. The van der Waals surface area contributed by atoms with Gasteiger partial charge in [-0.05, 0) is 50.8 Å². The molecule has 1 saturated heterocycles. The number of likely N-dealkylation sites (tertiary alicyclic amines) is 1. The fourth-order valence-corrected chi connectivity index (χ4v) is 3.48. The van der Waals surface area contributed by atoms with E-state index in [4.69, 9.17) is 4.52 Å². The molecule has 2 aromatic rings. The maximum atomic E-state index is 12.4. The molecule has 6 heteroatoms. The van der Waals surface area contributed by atoms with Crippen LogP contribution in [-0.2, 0) is 11.2 Å². The number of carbonyl (C=O) groups excluding carboxylic acids is 1. The molecule has 0 aliphatic carbocycles. The quantitative estimate of drug-likeness (QED) is 0.873. The highest BCUT2D eigenvalue weighted by Gasteiger charge is 2.31. The largest absolute Gasteiger partial charge is 0.352 e. The summed E-state index contributed by atoms with van der Waals surface area (Å²) in [6, 6.07) is 8.48. The number of carbonyl (C=O) groups is 1. The number of benzene rings is 1. The molecule has 0 bridgehead atoms. The smallest absolute Gasteiger partial charge is 0.234 e. The Kier molecular flexibility index (Phi) is 5.48. The number of amides is 1. The van der Waals surface area contributed by atoms with Gasteiger partial charge in [0.2, 0.25) is 11.8 Å². The summed E-state index contributed by atoms with van der Waals surface area (Å²) in [4.78, 5) is 18.9. The van der Waals surface area contributed by atoms with Crippen LogP contribution in [0.3, 0.4) is 0 Å². The van der Waals surface area contributed by atoms with Gasteiger partial charge in [0.05, 0.1) is 12.6 Å². The SMILES string of the molecule is Cc1nc([C@H]2CCCN2CC(=O)N[C@H](C)Cc2ccccc2C)no1. The molecule has 2 heterocycles. The van der Waals surface area contributed by atoms with Gasteiger partial charge >= 0.3 is 0 Å². The van der Waals surface area contributed by atoms with Gasteiger partial charge in [0, 0.05) is 13.0 Å². The van der Waals surface area contributed by atoms with Gasteiger partial charge in [-0.2, -0.15) is 4.98 Å². The molecule has 1 aromatic heterocycles. The lowest BCUT2D eigenvalue weighted by Crippen LogP contribution is -2.41. The normalized spacial score (nSPS) is 19.1. The van der Waals surface area contributed by atoms with Crippen molar-refractivity contribution in [3.05, 3.63) is 47.1 Å². The van der Waals surface area contributed by atoms with Crippen molar-refractivity contribution in [2.75, 3.05) is 13.1 Å². The Morgan fingerprint density at radius 1 is 1.40 bits per heavy atom. The second-order valence-corrected chi connectivity index (χ2v) is 6.90. The molecule has 0 unspecified atom stereocenters. The molecule has 1 N–H and O–H groups in total. The zero-order chi connectivity index (χ0) is 17.8. The van der Waals surface area contributed by atoms with E-state index in [0.29, 0.717) is 18.3 Å². The van der Waals surface area contributed by atoms with E-state index in [0.717, 1.165) is 25.8 Å². The summed E-state index contributed by atoms with van der Waals surface area (Å²) in [6.45, 7) is 7.20. The van der Waals surface area contributed by atoms with Gasteiger partial charge in [-0.3, -0.25) is 9.69 Å². The van der Waals surface area contributed by atoms with Crippen molar-refractivity contribution in [1.29, 1.82) is 0 Å². The molecule has 25 heavy (non-hydrogen) atoms. The van der Waals surface area contributed by atoms with Crippen LogP contribution in [-0.4, -0.2) is 40.1 Å². The van der Waals surface area contributed by atoms with E-state index < -0.39 is 0 Å². The molecule has 1 aromatic carbocycles. The van der Waals surface area contributed by atoms with Crippen molar-refractivity contribution in [3.63, 3.8) is 0 Å². The highest BCUT2D eigenvalue weighted by molar-refractivity contribution is 5.78. The van der Waals surface area contributed by atoms with Crippen LogP contribution >= 0.6 is 0 Å². The van der Waals surface area contributed by atoms with E-state index in [1.54, 1.807) is 6.92 Å². The highest BCUT2D eigenvalue weighted by atomic mass is 16.5. The van der Waals surface area contributed by atoms with E-state index in [9.17, 15) is 4.79 Å². The molecule has 134 valence electrons. The van der Waals surface area contributed by atoms with Crippen LogP contribution in [0, 0.1) is 13.8 Å². The minimum absolute atomic E-state index is 0.0493. The van der Waals surface area contributed by atoms with E-state index in [1.165, 1.54) is 11.1 Å². The van der Waals surface area contributed by atoms with Gasteiger partial charge in [0.25, 0.3) is 0 Å². The van der Waals surface area contributed by atoms with Crippen LogP contribution in [0.25, 0.3) is 0 Å². The molecule has 6 nitrogen and oxygen atoms in total.